The van der Waals surface area contributed by atoms with Crippen molar-refractivity contribution < 1.29 is 4.79 Å². The standard InChI is InChI=1S/C12H20N4OS/c1-3-16-11(10(13)8(2)15-16)12(17)14-7-9-5-4-6-18-9/h9H,3-7,13H2,1-2H3,(H,14,17). The molecule has 5 nitrogen and oxygen atoms in total. The SMILES string of the molecule is CCn1nc(C)c(N)c1C(=O)NCC1CCCS1. The van der Waals surface area contributed by atoms with Crippen molar-refractivity contribution in [1.29, 1.82) is 0 Å². The summed E-state index contributed by atoms with van der Waals surface area (Å²) in [5.41, 5.74) is 7.63. The lowest BCUT2D eigenvalue weighted by Crippen LogP contribution is -2.32. The number of nitrogen functional groups attached to an aromatic ring is 1. The van der Waals surface area contributed by atoms with Crippen molar-refractivity contribution in [1.82, 2.24) is 15.1 Å². The molecule has 0 bridgehead atoms. The topological polar surface area (TPSA) is 72.9 Å². The van der Waals surface area contributed by atoms with E-state index in [1.165, 1.54) is 18.6 Å². The number of aryl methyl sites for hydroxylation is 2. The van der Waals surface area contributed by atoms with Gasteiger partial charge in [0.05, 0.1) is 11.4 Å². The smallest absolute Gasteiger partial charge is 0.271 e. The van der Waals surface area contributed by atoms with E-state index in [0.717, 1.165) is 12.2 Å². The van der Waals surface area contributed by atoms with E-state index in [0.29, 0.717) is 23.2 Å². The minimum atomic E-state index is -0.109. The van der Waals surface area contributed by atoms with E-state index in [1.807, 2.05) is 25.6 Å². The molecule has 6 heteroatoms. The van der Waals surface area contributed by atoms with Crippen molar-refractivity contribution in [2.24, 2.45) is 0 Å². The Morgan fingerprint density at radius 1 is 1.67 bits per heavy atom. The third kappa shape index (κ3) is 2.63. The van der Waals surface area contributed by atoms with Crippen LogP contribution in [0.5, 0.6) is 0 Å². The third-order valence-electron chi connectivity index (χ3n) is 3.20. The fourth-order valence-electron chi connectivity index (χ4n) is 2.16. The lowest BCUT2D eigenvalue weighted by Gasteiger charge is -2.11. The van der Waals surface area contributed by atoms with Crippen LogP contribution in [0.3, 0.4) is 0 Å². The van der Waals surface area contributed by atoms with Gasteiger partial charge in [-0.25, -0.2) is 0 Å². The predicted octanol–water partition coefficient (Wildman–Crippen LogP) is 1.42. The van der Waals surface area contributed by atoms with Gasteiger partial charge in [-0.1, -0.05) is 0 Å². The maximum Gasteiger partial charge on any atom is 0.271 e. The van der Waals surface area contributed by atoms with Crippen LogP contribution in [0.1, 0.15) is 35.9 Å². The van der Waals surface area contributed by atoms with Gasteiger partial charge in [0.25, 0.3) is 5.91 Å². The monoisotopic (exact) mass is 268 g/mol. The van der Waals surface area contributed by atoms with Crippen LogP contribution in [-0.4, -0.2) is 33.2 Å². The number of thioether (sulfide) groups is 1. The molecule has 3 N–H and O–H groups in total. The molecule has 1 fully saturated rings. The molecule has 2 rings (SSSR count). The molecule has 1 aromatic rings. The normalized spacial score (nSPS) is 19.1. The lowest BCUT2D eigenvalue weighted by molar-refractivity contribution is 0.0944. The Balaban J connectivity index is 2.03. The van der Waals surface area contributed by atoms with Crippen molar-refractivity contribution in [2.75, 3.05) is 18.0 Å². The number of anilines is 1. The Morgan fingerprint density at radius 2 is 2.44 bits per heavy atom. The number of hydrogen-bond acceptors (Lipinski definition) is 4. The molecule has 2 heterocycles. The maximum absolute atomic E-state index is 12.2. The molecule has 0 spiro atoms. The zero-order chi connectivity index (χ0) is 13.1. The van der Waals surface area contributed by atoms with Crippen molar-refractivity contribution in [3.05, 3.63) is 11.4 Å². The van der Waals surface area contributed by atoms with Gasteiger partial charge in [0.2, 0.25) is 0 Å². The molecular formula is C12H20N4OS. The number of nitrogens with zero attached hydrogens (tertiary/aromatic N) is 2. The Kier molecular flexibility index (Phi) is 4.16. The molecule has 1 aliphatic heterocycles. The van der Waals surface area contributed by atoms with Crippen molar-refractivity contribution in [2.45, 2.75) is 38.5 Å². The fourth-order valence-corrected chi connectivity index (χ4v) is 3.36. The first-order valence-corrected chi connectivity index (χ1v) is 7.41. The Bertz CT molecular complexity index is 438. The van der Waals surface area contributed by atoms with Gasteiger partial charge in [-0.2, -0.15) is 16.9 Å². The van der Waals surface area contributed by atoms with Gasteiger partial charge in [-0.05, 0) is 32.4 Å². The zero-order valence-corrected chi connectivity index (χ0v) is 11.7. The second-order valence-electron chi connectivity index (χ2n) is 4.51. The minimum absolute atomic E-state index is 0.109. The molecule has 1 amide bonds. The van der Waals surface area contributed by atoms with Crippen LogP contribution in [0.15, 0.2) is 0 Å². The first kappa shape index (κ1) is 13.3. The molecule has 1 saturated heterocycles. The number of nitrogens with two attached hydrogens (primary N) is 1. The van der Waals surface area contributed by atoms with Crippen molar-refractivity contribution >= 4 is 23.4 Å². The van der Waals surface area contributed by atoms with Gasteiger partial charge < -0.3 is 11.1 Å². The van der Waals surface area contributed by atoms with Crippen LogP contribution in [-0.2, 0) is 6.54 Å². The largest absolute Gasteiger partial charge is 0.395 e. The molecule has 0 radical (unpaired) electrons. The summed E-state index contributed by atoms with van der Waals surface area (Å²) in [5.74, 6) is 1.09. The van der Waals surface area contributed by atoms with E-state index < -0.39 is 0 Å². The van der Waals surface area contributed by atoms with Gasteiger partial charge in [-0.3, -0.25) is 9.48 Å². The summed E-state index contributed by atoms with van der Waals surface area (Å²) < 4.78 is 1.67. The quantitative estimate of drug-likeness (QED) is 0.866. The van der Waals surface area contributed by atoms with Gasteiger partial charge in [-0.15, -0.1) is 0 Å². The van der Waals surface area contributed by atoms with Gasteiger partial charge in [0, 0.05) is 18.3 Å². The number of carbonyl (C=O) groups excluding carboxylic acids is 1. The van der Waals surface area contributed by atoms with E-state index in [1.54, 1.807) is 4.68 Å². The molecule has 1 aliphatic rings. The third-order valence-corrected chi connectivity index (χ3v) is 4.60. The average Bonchev–Trinajstić information content (AvgIpc) is 2.96. The molecule has 0 aliphatic carbocycles. The summed E-state index contributed by atoms with van der Waals surface area (Å²) in [6.07, 6.45) is 2.44. The van der Waals surface area contributed by atoms with E-state index >= 15 is 0 Å². The molecule has 0 aromatic carbocycles. The van der Waals surface area contributed by atoms with Gasteiger partial charge in [0.1, 0.15) is 5.69 Å². The second-order valence-corrected chi connectivity index (χ2v) is 5.92. The summed E-state index contributed by atoms with van der Waals surface area (Å²) in [5, 5.41) is 7.77. The van der Waals surface area contributed by atoms with Crippen LogP contribution in [0.25, 0.3) is 0 Å². The number of nitrogens with one attached hydrogen (secondary N) is 1. The highest BCUT2D eigenvalue weighted by Crippen LogP contribution is 2.25. The highest BCUT2D eigenvalue weighted by atomic mass is 32.2. The molecule has 1 aromatic heterocycles. The highest BCUT2D eigenvalue weighted by Gasteiger charge is 2.21. The summed E-state index contributed by atoms with van der Waals surface area (Å²) >= 11 is 1.93. The van der Waals surface area contributed by atoms with Crippen LogP contribution in [0.2, 0.25) is 0 Å². The van der Waals surface area contributed by atoms with Gasteiger partial charge >= 0.3 is 0 Å². The molecule has 100 valence electrons. The second kappa shape index (κ2) is 5.65. The minimum Gasteiger partial charge on any atom is -0.395 e. The summed E-state index contributed by atoms with van der Waals surface area (Å²) in [4.78, 5) is 12.2. The summed E-state index contributed by atoms with van der Waals surface area (Å²) in [6, 6.07) is 0. The van der Waals surface area contributed by atoms with E-state index in [2.05, 4.69) is 10.4 Å². The van der Waals surface area contributed by atoms with E-state index in [4.69, 9.17) is 5.73 Å². The number of amides is 1. The number of aromatic nitrogens is 2. The molecular weight excluding hydrogens is 248 g/mol. The molecule has 1 unspecified atom stereocenters. The fraction of sp³-hybridized carbons (Fsp3) is 0.667. The number of hydrogen-bond donors (Lipinski definition) is 2. The van der Waals surface area contributed by atoms with Gasteiger partial charge in [0.15, 0.2) is 0 Å². The summed E-state index contributed by atoms with van der Waals surface area (Å²) in [6.45, 7) is 5.15. The lowest BCUT2D eigenvalue weighted by atomic mass is 10.2. The van der Waals surface area contributed by atoms with Crippen molar-refractivity contribution in [3.63, 3.8) is 0 Å². The highest BCUT2D eigenvalue weighted by molar-refractivity contribution is 8.00. The first-order chi connectivity index (χ1) is 8.63. The first-order valence-electron chi connectivity index (χ1n) is 6.36. The van der Waals surface area contributed by atoms with Crippen LogP contribution in [0, 0.1) is 6.92 Å². The maximum atomic E-state index is 12.2. The van der Waals surface area contributed by atoms with Crippen LogP contribution >= 0.6 is 11.8 Å². The molecule has 18 heavy (non-hydrogen) atoms. The number of carbonyl (C=O) groups is 1. The Hall–Kier alpha value is -1.17. The van der Waals surface area contributed by atoms with Crippen LogP contribution in [0.4, 0.5) is 5.69 Å². The number of rotatable bonds is 4. The van der Waals surface area contributed by atoms with Crippen molar-refractivity contribution in [3.8, 4) is 0 Å². The Labute approximate surface area is 111 Å². The van der Waals surface area contributed by atoms with Crippen LogP contribution < -0.4 is 11.1 Å². The van der Waals surface area contributed by atoms with E-state index in [-0.39, 0.29) is 5.91 Å². The molecule has 0 saturated carbocycles. The Morgan fingerprint density at radius 3 is 3.06 bits per heavy atom. The van der Waals surface area contributed by atoms with E-state index in [9.17, 15) is 4.79 Å². The average molecular weight is 268 g/mol. The summed E-state index contributed by atoms with van der Waals surface area (Å²) in [7, 11) is 0. The predicted molar refractivity (Wildman–Crippen MR) is 74.9 cm³/mol. The zero-order valence-electron chi connectivity index (χ0n) is 10.9. The molecule has 1 atom stereocenters.